The van der Waals surface area contributed by atoms with Crippen molar-refractivity contribution in [1.82, 2.24) is 0 Å². The van der Waals surface area contributed by atoms with E-state index in [-0.39, 0.29) is 0 Å². The van der Waals surface area contributed by atoms with Crippen LogP contribution in [0.15, 0.2) is 66.7 Å². The fourth-order valence-electron chi connectivity index (χ4n) is 2.86. The number of hydrogen-bond donors (Lipinski definition) is 1. The molecule has 0 bridgehead atoms. The fourth-order valence-corrected chi connectivity index (χ4v) is 2.86. The molecule has 3 aromatic carbocycles. The molecule has 0 unspecified atom stereocenters. The molecule has 0 fully saturated rings. The smallest absolute Gasteiger partial charge is 0.162 e. The Morgan fingerprint density at radius 1 is 0.808 bits per heavy atom. The minimum atomic E-state index is 0.463. The van der Waals surface area contributed by atoms with Gasteiger partial charge in [0.1, 0.15) is 13.2 Å². The zero-order valence-electron chi connectivity index (χ0n) is 15.4. The van der Waals surface area contributed by atoms with Crippen LogP contribution in [0.1, 0.15) is 16.7 Å². The molecule has 0 heterocycles. The second-order valence-corrected chi connectivity index (χ2v) is 6.39. The van der Waals surface area contributed by atoms with Crippen LogP contribution in [0, 0.1) is 13.8 Å². The van der Waals surface area contributed by atoms with Gasteiger partial charge < -0.3 is 15.2 Å². The van der Waals surface area contributed by atoms with E-state index in [2.05, 4.69) is 56.3 Å². The summed E-state index contributed by atoms with van der Waals surface area (Å²) in [6.45, 7) is 5.66. The zero-order valence-corrected chi connectivity index (χ0v) is 15.4. The summed E-state index contributed by atoms with van der Waals surface area (Å²) in [5, 5.41) is 0. The normalized spacial score (nSPS) is 10.6. The molecule has 2 N–H and O–H groups in total. The lowest BCUT2D eigenvalue weighted by Crippen LogP contribution is -2.11. The molecule has 3 heteroatoms. The highest BCUT2D eigenvalue weighted by atomic mass is 16.5. The molecule has 3 rings (SSSR count). The molecule has 134 valence electrons. The summed E-state index contributed by atoms with van der Waals surface area (Å²) in [6.07, 6.45) is 0. The van der Waals surface area contributed by atoms with E-state index in [1.807, 2.05) is 24.3 Å². The summed E-state index contributed by atoms with van der Waals surface area (Å²) in [4.78, 5) is 0. The van der Waals surface area contributed by atoms with E-state index in [9.17, 15) is 0 Å². The minimum Gasteiger partial charge on any atom is -0.488 e. The Morgan fingerprint density at radius 2 is 1.62 bits per heavy atom. The second-order valence-electron chi connectivity index (χ2n) is 6.39. The maximum atomic E-state index is 6.09. The summed E-state index contributed by atoms with van der Waals surface area (Å²) in [6, 6.07) is 22.7. The van der Waals surface area contributed by atoms with Crippen molar-refractivity contribution in [1.29, 1.82) is 0 Å². The van der Waals surface area contributed by atoms with E-state index in [4.69, 9.17) is 15.2 Å². The molecular weight excluding hydrogens is 322 g/mol. The first-order valence-electron chi connectivity index (χ1n) is 8.88. The summed E-state index contributed by atoms with van der Waals surface area (Å²) < 4.78 is 11.9. The van der Waals surface area contributed by atoms with E-state index in [0.717, 1.165) is 22.6 Å². The molecule has 0 aromatic heterocycles. The van der Waals surface area contributed by atoms with Crippen molar-refractivity contribution < 1.29 is 9.47 Å². The molecule has 0 atom stereocenters. The highest BCUT2D eigenvalue weighted by Crippen LogP contribution is 2.34. The van der Waals surface area contributed by atoms with Crippen LogP contribution in [0.3, 0.4) is 0 Å². The van der Waals surface area contributed by atoms with Gasteiger partial charge in [0, 0.05) is 6.54 Å². The monoisotopic (exact) mass is 347 g/mol. The van der Waals surface area contributed by atoms with Gasteiger partial charge in [-0.15, -0.1) is 0 Å². The SMILES string of the molecule is Cc1ccc(C)c(-c2ccc(OCCN)c(OCc3ccccc3)c2)c1. The second kappa shape index (κ2) is 8.54. The number of ether oxygens (including phenoxy) is 2. The van der Waals surface area contributed by atoms with E-state index in [0.29, 0.717) is 19.8 Å². The van der Waals surface area contributed by atoms with Crippen molar-refractivity contribution >= 4 is 0 Å². The molecule has 0 radical (unpaired) electrons. The summed E-state index contributed by atoms with van der Waals surface area (Å²) in [5.74, 6) is 1.46. The maximum Gasteiger partial charge on any atom is 0.162 e. The Hall–Kier alpha value is -2.78. The van der Waals surface area contributed by atoms with E-state index in [1.54, 1.807) is 0 Å². The van der Waals surface area contributed by atoms with Crippen LogP contribution in [0.4, 0.5) is 0 Å². The molecule has 3 nitrogen and oxygen atoms in total. The van der Waals surface area contributed by atoms with Crippen molar-refractivity contribution in [2.75, 3.05) is 13.2 Å². The Balaban J connectivity index is 1.91. The molecule has 0 amide bonds. The van der Waals surface area contributed by atoms with Crippen LogP contribution in [-0.4, -0.2) is 13.2 Å². The molecule has 0 saturated heterocycles. The number of aryl methyl sites for hydroxylation is 2. The first kappa shape index (κ1) is 18.0. The third kappa shape index (κ3) is 4.44. The topological polar surface area (TPSA) is 44.5 Å². The lowest BCUT2D eigenvalue weighted by atomic mass is 9.98. The average molecular weight is 347 g/mol. The van der Waals surface area contributed by atoms with Crippen molar-refractivity contribution in [3.63, 3.8) is 0 Å². The van der Waals surface area contributed by atoms with Gasteiger partial charge in [0.2, 0.25) is 0 Å². The van der Waals surface area contributed by atoms with Gasteiger partial charge in [0.05, 0.1) is 0 Å². The molecule has 0 aliphatic rings. The molecule has 26 heavy (non-hydrogen) atoms. The number of hydrogen-bond acceptors (Lipinski definition) is 3. The molecule has 0 saturated carbocycles. The molecule has 3 aromatic rings. The first-order chi connectivity index (χ1) is 12.7. The van der Waals surface area contributed by atoms with E-state index < -0.39 is 0 Å². The highest BCUT2D eigenvalue weighted by Gasteiger charge is 2.10. The lowest BCUT2D eigenvalue weighted by molar-refractivity contribution is 0.266. The Bertz CT molecular complexity index is 859. The maximum absolute atomic E-state index is 6.09. The fraction of sp³-hybridized carbons (Fsp3) is 0.217. The van der Waals surface area contributed by atoms with Gasteiger partial charge in [-0.3, -0.25) is 0 Å². The zero-order chi connectivity index (χ0) is 18.4. The van der Waals surface area contributed by atoms with Gasteiger partial charge in [-0.05, 0) is 48.2 Å². The summed E-state index contributed by atoms with van der Waals surface area (Å²) in [5.41, 5.74) is 11.5. The number of nitrogens with two attached hydrogens (primary N) is 1. The van der Waals surface area contributed by atoms with Crippen molar-refractivity contribution in [2.45, 2.75) is 20.5 Å². The molecule has 0 aliphatic carbocycles. The molecular formula is C23H25NO2. The Morgan fingerprint density at radius 3 is 2.38 bits per heavy atom. The molecule has 0 aliphatic heterocycles. The number of rotatable bonds is 7. The summed E-state index contributed by atoms with van der Waals surface area (Å²) >= 11 is 0. The van der Waals surface area contributed by atoms with Gasteiger partial charge in [-0.1, -0.05) is 60.2 Å². The van der Waals surface area contributed by atoms with Crippen LogP contribution in [0.5, 0.6) is 11.5 Å². The van der Waals surface area contributed by atoms with Gasteiger partial charge in [-0.2, -0.15) is 0 Å². The third-order valence-corrected chi connectivity index (χ3v) is 4.26. The number of benzene rings is 3. The molecule has 0 spiro atoms. The van der Waals surface area contributed by atoms with Crippen molar-refractivity contribution in [3.8, 4) is 22.6 Å². The standard InChI is InChI=1S/C23H25NO2/c1-17-8-9-18(2)21(14-17)20-10-11-22(25-13-12-24)23(15-20)26-16-19-6-4-3-5-7-19/h3-11,14-15H,12-13,16,24H2,1-2H3. The Labute approximate surface area is 155 Å². The van der Waals surface area contributed by atoms with Gasteiger partial charge in [0.15, 0.2) is 11.5 Å². The van der Waals surface area contributed by atoms with Gasteiger partial charge in [0.25, 0.3) is 0 Å². The van der Waals surface area contributed by atoms with E-state index in [1.165, 1.54) is 16.7 Å². The van der Waals surface area contributed by atoms with E-state index >= 15 is 0 Å². The van der Waals surface area contributed by atoms with Crippen molar-refractivity contribution in [3.05, 3.63) is 83.4 Å². The Kier molecular flexibility index (Phi) is 5.92. The summed E-state index contributed by atoms with van der Waals surface area (Å²) in [7, 11) is 0. The predicted molar refractivity (Wildman–Crippen MR) is 107 cm³/mol. The average Bonchev–Trinajstić information content (AvgIpc) is 2.67. The third-order valence-electron chi connectivity index (χ3n) is 4.26. The lowest BCUT2D eigenvalue weighted by Gasteiger charge is -2.15. The van der Waals surface area contributed by atoms with Crippen LogP contribution in [0.25, 0.3) is 11.1 Å². The van der Waals surface area contributed by atoms with Gasteiger partial charge >= 0.3 is 0 Å². The van der Waals surface area contributed by atoms with Crippen LogP contribution in [-0.2, 0) is 6.61 Å². The predicted octanol–water partition coefficient (Wildman–Crippen LogP) is 4.89. The highest BCUT2D eigenvalue weighted by molar-refractivity contribution is 5.70. The van der Waals surface area contributed by atoms with Crippen molar-refractivity contribution in [2.24, 2.45) is 5.73 Å². The quantitative estimate of drug-likeness (QED) is 0.662. The van der Waals surface area contributed by atoms with Gasteiger partial charge in [-0.25, -0.2) is 0 Å². The minimum absolute atomic E-state index is 0.463. The largest absolute Gasteiger partial charge is 0.488 e. The van der Waals surface area contributed by atoms with Crippen LogP contribution in [0.2, 0.25) is 0 Å². The van der Waals surface area contributed by atoms with Crippen LogP contribution < -0.4 is 15.2 Å². The first-order valence-corrected chi connectivity index (χ1v) is 8.88. The van der Waals surface area contributed by atoms with Crippen LogP contribution >= 0.6 is 0 Å².